The minimum Gasteiger partial charge on any atom is -0.394 e. The lowest BCUT2D eigenvalue weighted by Gasteiger charge is -2.40. The van der Waals surface area contributed by atoms with Crippen molar-refractivity contribution in [1.82, 2.24) is 10.6 Å². The molecule has 2 aromatic carbocycles. The second kappa shape index (κ2) is 15.2. The van der Waals surface area contributed by atoms with E-state index >= 15 is 0 Å². The van der Waals surface area contributed by atoms with Crippen molar-refractivity contribution >= 4 is 50.1 Å². The van der Waals surface area contributed by atoms with E-state index in [1.807, 2.05) is 28.4 Å². The Morgan fingerprint density at radius 2 is 1.76 bits per heavy atom. The Morgan fingerprint density at radius 3 is 2.38 bits per heavy atom. The van der Waals surface area contributed by atoms with Crippen molar-refractivity contribution in [3.63, 3.8) is 0 Å². The van der Waals surface area contributed by atoms with E-state index in [2.05, 4.69) is 52.7 Å². The number of hydrogen-bond donors (Lipinski definition) is 7. The Hall–Kier alpha value is -2.05. The van der Waals surface area contributed by atoms with E-state index in [0.717, 1.165) is 36.9 Å². The lowest BCUT2D eigenvalue weighted by molar-refractivity contribution is -0.233. The first kappa shape index (κ1) is 35.8. The predicted molar refractivity (Wildman–Crippen MR) is 180 cm³/mol. The van der Waals surface area contributed by atoms with Crippen molar-refractivity contribution in [1.29, 1.82) is 0 Å². The van der Waals surface area contributed by atoms with Gasteiger partial charge >= 0.3 is 6.03 Å². The van der Waals surface area contributed by atoms with Gasteiger partial charge in [0.1, 0.15) is 24.4 Å². The number of carbonyl (C=O) groups is 1. The summed E-state index contributed by atoms with van der Waals surface area (Å²) in [6.45, 7) is 3.57. The van der Waals surface area contributed by atoms with Gasteiger partial charge in [0, 0.05) is 24.0 Å². The van der Waals surface area contributed by atoms with E-state index in [0.29, 0.717) is 24.1 Å². The number of unbranched alkanes of at least 4 members (excludes halogenated alkanes) is 2. The first-order chi connectivity index (χ1) is 21.3. The predicted octanol–water partition coefficient (Wildman–Crippen LogP) is 2.98. The number of amides is 2. The van der Waals surface area contributed by atoms with Crippen LogP contribution in [0.2, 0.25) is 0 Å². The molecule has 7 N–H and O–H groups in total. The van der Waals surface area contributed by atoms with Crippen LogP contribution in [-0.2, 0) is 14.6 Å². The summed E-state index contributed by atoms with van der Waals surface area (Å²) in [6.07, 6.45) is -2.35. The third-order valence-electron chi connectivity index (χ3n) is 8.57. The first-order valence-corrected chi connectivity index (χ1v) is 18.0. The number of ether oxygens (including phenoxy) is 1. The molecule has 2 amide bonds. The molecule has 0 aromatic heterocycles. The zero-order valence-electron chi connectivity index (χ0n) is 25.8. The molecule has 0 saturated carbocycles. The summed E-state index contributed by atoms with van der Waals surface area (Å²) < 4.78 is 35.3. The molecule has 12 nitrogen and oxygen atoms in total. The normalized spacial score (nSPS) is 27.2. The van der Waals surface area contributed by atoms with Crippen molar-refractivity contribution in [2.75, 3.05) is 27.8 Å². The summed E-state index contributed by atoms with van der Waals surface area (Å²) in [5, 5.41) is 48.9. The van der Waals surface area contributed by atoms with Gasteiger partial charge in [-0.2, -0.15) is 0 Å². The summed E-state index contributed by atoms with van der Waals surface area (Å²) in [7, 11) is -1.76. The van der Waals surface area contributed by atoms with E-state index in [9.17, 15) is 33.6 Å². The minimum absolute atomic E-state index is 0.0115. The summed E-state index contributed by atoms with van der Waals surface area (Å²) in [5.74, 6) is -0.0115. The molecule has 250 valence electrons. The molecule has 0 spiro atoms. The number of nitrogens with zero attached hydrogens (tertiary/aromatic N) is 1. The number of sulfone groups is 1. The number of aliphatic hydroxyl groups excluding tert-OH is 4. The van der Waals surface area contributed by atoms with Crippen LogP contribution in [0.15, 0.2) is 47.4 Å². The Bertz CT molecular complexity index is 1420. The fraction of sp³-hybridized carbons (Fsp3) is 0.581. The van der Waals surface area contributed by atoms with Gasteiger partial charge in [-0.15, -0.1) is 0 Å². The highest BCUT2D eigenvalue weighted by atomic mass is 127. The van der Waals surface area contributed by atoms with Crippen molar-refractivity contribution < 1.29 is 38.4 Å². The van der Waals surface area contributed by atoms with E-state index in [1.54, 1.807) is 24.3 Å². The third-order valence-corrected chi connectivity index (χ3v) is 11.1. The van der Waals surface area contributed by atoms with E-state index in [4.69, 9.17) is 4.74 Å². The molecule has 1 fully saturated rings. The Kier molecular flexibility index (Phi) is 12.1. The SMILES string of the molecule is CCCCC1(CCCC)CS(=O)(=O)c2ccc(N(C)I)cc2[C@@H](c2cccc(NC(=O)N[C@@H]3OC(CO)[C@@H](O)[C@H](O)[C@H]3O)c2)N1. The zero-order chi connectivity index (χ0) is 32.9. The molecule has 45 heavy (non-hydrogen) atoms. The first-order valence-electron chi connectivity index (χ1n) is 15.4. The number of hydrogen-bond acceptors (Lipinski definition) is 10. The second-order valence-electron chi connectivity index (χ2n) is 12.0. The topological polar surface area (TPSA) is 181 Å². The van der Waals surface area contributed by atoms with Crippen LogP contribution in [-0.4, -0.2) is 90.5 Å². The van der Waals surface area contributed by atoms with Crippen LogP contribution in [0.3, 0.4) is 0 Å². The molecule has 0 radical (unpaired) electrons. The third kappa shape index (κ3) is 8.27. The number of fused-ring (bicyclic) bond motifs is 1. The molecule has 2 aromatic rings. The van der Waals surface area contributed by atoms with E-state index < -0.39 is 64.7 Å². The summed E-state index contributed by atoms with van der Waals surface area (Å²) in [4.78, 5) is 13.3. The molecule has 0 aliphatic carbocycles. The smallest absolute Gasteiger partial charge is 0.321 e. The maximum absolute atomic E-state index is 14.0. The summed E-state index contributed by atoms with van der Waals surface area (Å²) in [5.41, 5.74) is 1.98. The average Bonchev–Trinajstić information content (AvgIpc) is 3.11. The Balaban J connectivity index is 1.70. The molecule has 1 saturated heterocycles. The van der Waals surface area contributed by atoms with Crippen LogP contribution in [0, 0.1) is 0 Å². The molecule has 2 aliphatic heterocycles. The highest BCUT2D eigenvalue weighted by molar-refractivity contribution is 14.1. The van der Waals surface area contributed by atoms with Crippen molar-refractivity contribution in [3.8, 4) is 0 Å². The quantitative estimate of drug-likeness (QED) is 0.133. The standard InChI is InChI=1S/C31H45IN4O8S/c1-4-6-13-31(14-7-5-2)18-45(42,43)24-12-11-21(36(3)32)16-22(24)25(35-31)19-9-8-10-20(15-19)33-30(41)34-29-28(40)27(39)26(38)23(17-37)44-29/h8-12,15-16,23,25-29,35,37-40H,4-7,13-14,17-18H2,1-3H3,(H2,33,34,41)/t23?,25-,26-,27+,28-,29-/m1/s1. The van der Waals surface area contributed by atoms with Crippen LogP contribution in [0.4, 0.5) is 16.2 Å². The largest absolute Gasteiger partial charge is 0.394 e. The number of benzene rings is 2. The lowest BCUT2D eigenvalue weighted by Crippen LogP contribution is -2.63. The number of halogens is 1. The number of aliphatic hydroxyl groups is 4. The zero-order valence-corrected chi connectivity index (χ0v) is 28.8. The van der Waals surface area contributed by atoms with Crippen molar-refractivity contribution in [3.05, 3.63) is 53.6 Å². The van der Waals surface area contributed by atoms with Crippen LogP contribution in [0.1, 0.15) is 69.5 Å². The molecule has 0 bridgehead atoms. The van der Waals surface area contributed by atoms with Gasteiger partial charge in [0.25, 0.3) is 0 Å². The van der Waals surface area contributed by atoms with Gasteiger partial charge in [0.15, 0.2) is 16.1 Å². The molecule has 4 rings (SSSR count). The summed E-state index contributed by atoms with van der Waals surface area (Å²) in [6, 6.07) is 11.3. The van der Waals surface area contributed by atoms with Crippen LogP contribution in [0.5, 0.6) is 0 Å². The van der Waals surface area contributed by atoms with E-state index in [1.165, 1.54) is 0 Å². The molecule has 14 heteroatoms. The van der Waals surface area contributed by atoms with Crippen LogP contribution >= 0.6 is 22.9 Å². The van der Waals surface area contributed by atoms with Gasteiger partial charge in [-0.05, 0) is 54.3 Å². The van der Waals surface area contributed by atoms with Gasteiger partial charge in [0.2, 0.25) is 0 Å². The molecule has 2 aliphatic rings. The maximum atomic E-state index is 14.0. The molecular weight excluding hydrogens is 715 g/mol. The highest BCUT2D eigenvalue weighted by Gasteiger charge is 2.45. The van der Waals surface area contributed by atoms with Crippen LogP contribution in [0.25, 0.3) is 0 Å². The maximum Gasteiger partial charge on any atom is 0.321 e. The van der Waals surface area contributed by atoms with Gasteiger partial charge < -0.3 is 38.9 Å². The van der Waals surface area contributed by atoms with Gasteiger partial charge in [-0.3, -0.25) is 5.32 Å². The van der Waals surface area contributed by atoms with Crippen molar-refractivity contribution in [2.45, 2.75) is 99.5 Å². The summed E-state index contributed by atoms with van der Waals surface area (Å²) >= 11 is 2.15. The van der Waals surface area contributed by atoms with Crippen molar-refractivity contribution in [2.24, 2.45) is 0 Å². The second-order valence-corrected chi connectivity index (χ2v) is 15.4. The monoisotopic (exact) mass is 760 g/mol. The van der Waals surface area contributed by atoms with Gasteiger partial charge in [0.05, 0.1) is 46.2 Å². The lowest BCUT2D eigenvalue weighted by atomic mass is 9.86. The highest BCUT2D eigenvalue weighted by Crippen LogP contribution is 2.41. The minimum atomic E-state index is -3.65. The number of urea groups is 1. The Labute approximate surface area is 279 Å². The fourth-order valence-corrected chi connectivity index (χ4v) is 8.49. The van der Waals surface area contributed by atoms with Gasteiger partial charge in [-0.1, -0.05) is 51.7 Å². The fourth-order valence-electron chi connectivity index (χ4n) is 6.12. The van der Waals surface area contributed by atoms with E-state index in [-0.39, 0.29) is 10.6 Å². The number of carbonyl (C=O) groups excluding carboxylic acids is 1. The molecule has 1 unspecified atom stereocenters. The van der Waals surface area contributed by atoms with Gasteiger partial charge in [-0.25, -0.2) is 13.2 Å². The number of nitrogens with one attached hydrogen (secondary N) is 3. The van der Waals surface area contributed by atoms with Crippen LogP contribution < -0.4 is 19.1 Å². The Morgan fingerprint density at radius 1 is 1.07 bits per heavy atom. The molecule has 6 atom stereocenters. The number of anilines is 2. The average molecular weight is 761 g/mol. The molecular formula is C31H45IN4O8S. The molecule has 2 heterocycles. The number of rotatable bonds is 11.